The highest BCUT2D eigenvalue weighted by atomic mass is 32.2. The zero-order valence-corrected chi connectivity index (χ0v) is 10.7. The lowest BCUT2D eigenvalue weighted by atomic mass is 9.85. The van der Waals surface area contributed by atoms with E-state index in [1.165, 1.54) is 19.3 Å². The van der Waals surface area contributed by atoms with Gasteiger partial charge < -0.3 is 10.4 Å². The Hall–Kier alpha value is -0.220. The van der Waals surface area contributed by atoms with Crippen LogP contribution in [0.1, 0.15) is 39.0 Å². The molecule has 1 heterocycles. The average molecular weight is 243 g/mol. The predicted octanol–water partition coefficient (Wildman–Crippen LogP) is 1.55. The first-order chi connectivity index (χ1) is 7.62. The molecule has 1 amide bonds. The first-order valence-electron chi connectivity index (χ1n) is 6.23. The molecule has 0 aromatic heterocycles. The minimum Gasteiger partial charge on any atom is -0.379 e. The lowest BCUT2D eigenvalue weighted by molar-refractivity contribution is -0.138. The molecular formula is C12H21NO2S. The summed E-state index contributed by atoms with van der Waals surface area (Å²) in [5, 5.41) is 13.2. The topological polar surface area (TPSA) is 49.3 Å². The van der Waals surface area contributed by atoms with E-state index in [9.17, 15) is 9.90 Å². The molecule has 2 fully saturated rings. The largest absolute Gasteiger partial charge is 0.379 e. The molecule has 1 saturated heterocycles. The molecule has 1 aliphatic carbocycles. The number of aliphatic hydroxyl groups is 1. The Bertz CT molecular complexity index is 264. The van der Waals surface area contributed by atoms with Crippen LogP contribution in [0, 0.1) is 5.92 Å². The summed E-state index contributed by atoms with van der Waals surface area (Å²) in [4.78, 5) is 12.0. The molecule has 3 nitrogen and oxygen atoms in total. The molecule has 0 bridgehead atoms. The van der Waals surface area contributed by atoms with Gasteiger partial charge in [-0.1, -0.05) is 19.8 Å². The van der Waals surface area contributed by atoms with Crippen molar-refractivity contribution in [3.8, 4) is 0 Å². The zero-order valence-electron chi connectivity index (χ0n) is 9.87. The maximum absolute atomic E-state index is 12.0. The second-order valence-corrected chi connectivity index (χ2v) is 6.28. The second kappa shape index (κ2) is 4.96. The quantitative estimate of drug-likeness (QED) is 0.773. The predicted molar refractivity (Wildman–Crippen MR) is 66.5 cm³/mol. The van der Waals surface area contributed by atoms with E-state index < -0.39 is 5.60 Å². The molecule has 3 atom stereocenters. The first kappa shape index (κ1) is 12.2. The molecule has 0 aromatic rings. The second-order valence-electron chi connectivity index (χ2n) is 5.18. The van der Waals surface area contributed by atoms with Gasteiger partial charge in [0.25, 0.3) is 5.91 Å². The number of hydrogen-bond acceptors (Lipinski definition) is 3. The van der Waals surface area contributed by atoms with Gasteiger partial charge in [-0.3, -0.25) is 4.79 Å². The van der Waals surface area contributed by atoms with Crippen molar-refractivity contribution in [1.82, 2.24) is 5.32 Å². The minimum absolute atomic E-state index is 0.142. The smallest absolute Gasteiger partial charge is 0.253 e. The molecule has 92 valence electrons. The Labute approximate surface area is 101 Å². The van der Waals surface area contributed by atoms with Crippen LogP contribution < -0.4 is 5.32 Å². The number of rotatable bonds is 2. The van der Waals surface area contributed by atoms with Gasteiger partial charge in [-0.05, 0) is 30.9 Å². The van der Waals surface area contributed by atoms with Crippen molar-refractivity contribution in [2.24, 2.45) is 5.92 Å². The van der Waals surface area contributed by atoms with Crippen LogP contribution in [0.4, 0.5) is 0 Å². The van der Waals surface area contributed by atoms with Gasteiger partial charge in [0, 0.05) is 11.8 Å². The number of thioether (sulfide) groups is 1. The standard InChI is InChI=1S/C12H21NO2S/c1-9-4-2-3-5-10(9)13-11(14)12(15)6-7-16-8-12/h9-10,15H,2-8H2,1H3,(H,13,14). The summed E-state index contributed by atoms with van der Waals surface area (Å²) in [5.41, 5.74) is -1.10. The van der Waals surface area contributed by atoms with Gasteiger partial charge in [0.05, 0.1) is 0 Å². The molecule has 1 saturated carbocycles. The molecule has 0 spiro atoms. The highest BCUT2D eigenvalue weighted by molar-refractivity contribution is 7.99. The highest BCUT2D eigenvalue weighted by Crippen LogP contribution is 2.29. The molecular weight excluding hydrogens is 222 g/mol. The van der Waals surface area contributed by atoms with Gasteiger partial charge in [0.1, 0.15) is 0 Å². The van der Waals surface area contributed by atoms with E-state index in [-0.39, 0.29) is 11.9 Å². The fourth-order valence-electron chi connectivity index (χ4n) is 2.57. The number of hydrogen-bond donors (Lipinski definition) is 2. The molecule has 2 aliphatic rings. The fraction of sp³-hybridized carbons (Fsp3) is 0.917. The highest BCUT2D eigenvalue weighted by Gasteiger charge is 2.40. The Morgan fingerprint density at radius 1 is 1.44 bits per heavy atom. The first-order valence-corrected chi connectivity index (χ1v) is 7.38. The summed E-state index contributed by atoms with van der Waals surface area (Å²) in [5.74, 6) is 1.86. The number of carbonyl (C=O) groups is 1. The van der Waals surface area contributed by atoms with Crippen molar-refractivity contribution in [3.05, 3.63) is 0 Å². The van der Waals surface area contributed by atoms with E-state index >= 15 is 0 Å². The van der Waals surface area contributed by atoms with Crippen molar-refractivity contribution in [1.29, 1.82) is 0 Å². The Morgan fingerprint density at radius 3 is 2.81 bits per heavy atom. The molecule has 2 N–H and O–H groups in total. The molecule has 3 unspecified atom stereocenters. The van der Waals surface area contributed by atoms with E-state index in [4.69, 9.17) is 0 Å². The van der Waals surface area contributed by atoms with Gasteiger partial charge in [-0.25, -0.2) is 0 Å². The van der Waals surface area contributed by atoms with Gasteiger partial charge >= 0.3 is 0 Å². The summed E-state index contributed by atoms with van der Waals surface area (Å²) < 4.78 is 0. The van der Waals surface area contributed by atoms with Crippen LogP contribution in [0.3, 0.4) is 0 Å². The number of carbonyl (C=O) groups excluding carboxylic acids is 1. The van der Waals surface area contributed by atoms with Crippen LogP contribution in [0.5, 0.6) is 0 Å². The summed E-state index contributed by atoms with van der Waals surface area (Å²) in [6.07, 6.45) is 5.33. The molecule has 0 radical (unpaired) electrons. The van der Waals surface area contributed by atoms with Gasteiger partial charge in [-0.15, -0.1) is 0 Å². The maximum Gasteiger partial charge on any atom is 0.253 e. The van der Waals surface area contributed by atoms with Crippen molar-refractivity contribution < 1.29 is 9.90 Å². The normalized spacial score (nSPS) is 39.6. The monoisotopic (exact) mass is 243 g/mol. The Morgan fingerprint density at radius 2 is 2.19 bits per heavy atom. The third-order valence-electron chi connectivity index (χ3n) is 3.85. The average Bonchev–Trinajstić information content (AvgIpc) is 2.70. The summed E-state index contributed by atoms with van der Waals surface area (Å²) in [6.45, 7) is 2.19. The van der Waals surface area contributed by atoms with Crippen molar-refractivity contribution in [2.45, 2.75) is 50.7 Å². The molecule has 2 rings (SSSR count). The Balaban J connectivity index is 1.90. The van der Waals surface area contributed by atoms with Crippen LogP contribution in [0.2, 0.25) is 0 Å². The van der Waals surface area contributed by atoms with E-state index in [0.29, 0.717) is 18.1 Å². The summed E-state index contributed by atoms with van der Waals surface area (Å²) >= 11 is 1.66. The molecule has 16 heavy (non-hydrogen) atoms. The van der Waals surface area contributed by atoms with E-state index in [1.54, 1.807) is 11.8 Å². The van der Waals surface area contributed by atoms with Crippen molar-refractivity contribution in [2.75, 3.05) is 11.5 Å². The maximum atomic E-state index is 12.0. The molecule has 1 aliphatic heterocycles. The van der Waals surface area contributed by atoms with Crippen LogP contribution in [-0.2, 0) is 4.79 Å². The third kappa shape index (κ3) is 2.54. The fourth-order valence-corrected chi connectivity index (χ4v) is 3.81. The molecule has 4 heteroatoms. The van der Waals surface area contributed by atoms with Gasteiger partial charge in [-0.2, -0.15) is 11.8 Å². The SMILES string of the molecule is CC1CCCCC1NC(=O)C1(O)CCSC1. The van der Waals surface area contributed by atoms with E-state index in [0.717, 1.165) is 12.2 Å². The van der Waals surface area contributed by atoms with Gasteiger partial charge in [0.15, 0.2) is 5.60 Å². The zero-order chi connectivity index (χ0) is 11.6. The Kier molecular flexibility index (Phi) is 3.80. The molecule has 0 aromatic carbocycles. The minimum atomic E-state index is -1.10. The van der Waals surface area contributed by atoms with E-state index in [2.05, 4.69) is 12.2 Å². The van der Waals surface area contributed by atoms with Gasteiger partial charge in [0.2, 0.25) is 0 Å². The number of amides is 1. The third-order valence-corrected chi connectivity index (χ3v) is 5.03. The lowest BCUT2D eigenvalue weighted by Gasteiger charge is -2.32. The van der Waals surface area contributed by atoms with Crippen LogP contribution in [-0.4, -0.2) is 34.2 Å². The van der Waals surface area contributed by atoms with Crippen LogP contribution in [0.25, 0.3) is 0 Å². The summed E-state index contributed by atoms with van der Waals surface area (Å²) in [7, 11) is 0. The van der Waals surface area contributed by atoms with E-state index in [1.807, 2.05) is 0 Å². The number of nitrogens with one attached hydrogen (secondary N) is 1. The lowest BCUT2D eigenvalue weighted by Crippen LogP contribution is -2.52. The van der Waals surface area contributed by atoms with Crippen molar-refractivity contribution >= 4 is 17.7 Å². The van der Waals surface area contributed by atoms with Crippen LogP contribution in [0.15, 0.2) is 0 Å². The summed E-state index contributed by atoms with van der Waals surface area (Å²) in [6, 6.07) is 0.274. The van der Waals surface area contributed by atoms with Crippen LogP contribution >= 0.6 is 11.8 Å². The van der Waals surface area contributed by atoms with Crippen molar-refractivity contribution in [3.63, 3.8) is 0 Å².